The lowest BCUT2D eigenvalue weighted by molar-refractivity contribution is 1.10. The first kappa shape index (κ1) is 16.1. The van der Waals surface area contributed by atoms with Crippen molar-refractivity contribution in [3.8, 4) is 6.07 Å². The number of aromatic nitrogens is 1. The first-order valence-electron chi connectivity index (χ1n) is 5.50. The van der Waals surface area contributed by atoms with Crippen LogP contribution in [0.25, 0.3) is 0 Å². The molecule has 1 aromatic heterocycles. The summed E-state index contributed by atoms with van der Waals surface area (Å²) in [5, 5.41) is 8.56. The molecule has 0 amide bonds. The quantitative estimate of drug-likeness (QED) is 0.645. The standard InChI is InChI=1S/C9H10N2.2C2H6/c1-6-4-9(5-10)11-8(3)7(6)2;2*1-2/h4H,1-3H3;2*1-2H3. The molecule has 0 saturated heterocycles. The maximum Gasteiger partial charge on any atom is 0.141 e. The van der Waals surface area contributed by atoms with Crippen LogP contribution < -0.4 is 0 Å². The molecule has 0 fully saturated rings. The highest BCUT2D eigenvalue weighted by Crippen LogP contribution is 2.10. The average molecular weight is 206 g/mol. The second-order valence-electron chi connectivity index (χ2n) is 2.65. The van der Waals surface area contributed by atoms with E-state index in [1.54, 1.807) is 0 Å². The lowest BCUT2D eigenvalue weighted by Crippen LogP contribution is -1.93. The molecule has 1 heterocycles. The van der Waals surface area contributed by atoms with Crippen molar-refractivity contribution in [2.45, 2.75) is 48.5 Å². The van der Waals surface area contributed by atoms with Crippen LogP contribution in [0.15, 0.2) is 6.07 Å². The molecule has 0 radical (unpaired) electrons. The molecule has 0 aliphatic heterocycles. The molecular formula is C13H22N2. The van der Waals surface area contributed by atoms with Crippen LogP contribution >= 0.6 is 0 Å². The molecule has 0 unspecified atom stereocenters. The van der Waals surface area contributed by atoms with Gasteiger partial charge < -0.3 is 0 Å². The van der Waals surface area contributed by atoms with Gasteiger partial charge in [0.25, 0.3) is 0 Å². The Kier molecular flexibility index (Phi) is 9.87. The molecule has 0 N–H and O–H groups in total. The largest absolute Gasteiger partial charge is 0.242 e. The SMILES string of the molecule is CC.CC.Cc1cc(C#N)nc(C)c1C. The third kappa shape index (κ3) is 5.17. The fourth-order valence-corrected chi connectivity index (χ4v) is 0.953. The maximum absolute atomic E-state index is 8.56. The normalized spacial score (nSPS) is 7.60. The summed E-state index contributed by atoms with van der Waals surface area (Å²) in [6, 6.07) is 3.83. The molecule has 1 aromatic rings. The zero-order chi connectivity index (χ0) is 12.4. The molecule has 2 heteroatoms. The molecule has 2 nitrogen and oxygen atoms in total. The average Bonchev–Trinajstić information content (AvgIpc) is 2.30. The number of aryl methyl sites for hydroxylation is 2. The van der Waals surface area contributed by atoms with Crippen molar-refractivity contribution < 1.29 is 0 Å². The van der Waals surface area contributed by atoms with E-state index >= 15 is 0 Å². The summed E-state index contributed by atoms with van der Waals surface area (Å²) in [6.07, 6.45) is 0. The Balaban J connectivity index is 0. The van der Waals surface area contributed by atoms with Crippen LogP contribution in [-0.4, -0.2) is 4.98 Å². The van der Waals surface area contributed by atoms with Crippen molar-refractivity contribution in [1.29, 1.82) is 5.26 Å². The molecule has 0 aliphatic rings. The van der Waals surface area contributed by atoms with Crippen LogP contribution in [0, 0.1) is 32.1 Å². The number of nitrogens with zero attached hydrogens (tertiary/aromatic N) is 2. The Labute approximate surface area is 94.0 Å². The Morgan fingerprint density at radius 3 is 1.87 bits per heavy atom. The highest BCUT2D eigenvalue weighted by atomic mass is 14.7. The second-order valence-corrected chi connectivity index (χ2v) is 2.65. The van der Waals surface area contributed by atoms with E-state index < -0.39 is 0 Å². The minimum Gasteiger partial charge on any atom is -0.242 e. The molecule has 1 rings (SSSR count). The monoisotopic (exact) mass is 206 g/mol. The topological polar surface area (TPSA) is 36.7 Å². The summed E-state index contributed by atoms with van der Waals surface area (Å²) < 4.78 is 0. The van der Waals surface area contributed by atoms with Gasteiger partial charge >= 0.3 is 0 Å². The van der Waals surface area contributed by atoms with Gasteiger partial charge in [-0.05, 0) is 38.0 Å². The fraction of sp³-hybridized carbons (Fsp3) is 0.538. The lowest BCUT2D eigenvalue weighted by atomic mass is 10.1. The fourth-order valence-electron chi connectivity index (χ4n) is 0.953. The van der Waals surface area contributed by atoms with Crippen LogP contribution in [0.3, 0.4) is 0 Å². The van der Waals surface area contributed by atoms with E-state index in [4.69, 9.17) is 5.26 Å². The first-order valence-corrected chi connectivity index (χ1v) is 5.50. The van der Waals surface area contributed by atoms with Crippen LogP contribution in [0.4, 0.5) is 0 Å². The van der Waals surface area contributed by atoms with E-state index in [1.807, 2.05) is 60.6 Å². The molecule has 0 saturated carbocycles. The van der Waals surface area contributed by atoms with Gasteiger partial charge in [-0.15, -0.1) is 0 Å². The predicted octanol–water partition coefficient (Wildman–Crippen LogP) is 3.93. The highest BCUT2D eigenvalue weighted by molar-refractivity contribution is 5.34. The Hall–Kier alpha value is -1.36. The summed E-state index contributed by atoms with van der Waals surface area (Å²) in [5.74, 6) is 0. The maximum atomic E-state index is 8.56. The zero-order valence-corrected chi connectivity index (χ0v) is 11.0. The van der Waals surface area contributed by atoms with Gasteiger partial charge in [0.15, 0.2) is 0 Å². The number of rotatable bonds is 0. The van der Waals surface area contributed by atoms with Crippen molar-refractivity contribution >= 4 is 0 Å². The van der Waals surface area contributed by atoms with Crippen LogP contribution in [-0.2, 0) is 0 Å². The van der Waals surface area contributed by atoms with Gasteiger partial charge in [0, 0.05) is 5.69 Å². The predicted molar refractivity (Wildman–Crippen MR) is 65.9 cm³/mol. The summed E-state index contributed by atoms with van der Waals surface area (Å²) >= 11 is 0. The summed E-state index contributed by atoms with van der Waals surface area (Å²) in [4.78, 5) is 4.09. The number of hydrogen-bond donors (Lipinski definition) is 0. The van der Waals surface area contributed by atoms with Gasteiger partial charge in [0.2, 0.25) is 0 Å². The Morgan fingerprint density at radius 1 is 1.07 bits per heavy atom. The Bertz CT molecular complexity index is 299. The van der Waals surface area contributed by atoms with Gasteiger partial charge in [-0.2, -0.15) is 5.26 Å². The Morgan fingerprint density at radius 2 is 1.53 bits per heavy atom. The molecule has 15 heavy (non-hydrogen) atoms. The van der Waals surface area contributed by atoms with Crippen molar-refractivity contribution in [1.82, 2.24) is 4.98 Å². The molecule has 84 valence electrons. The highest BCUT2D eigenvalue weighted by Gasteiger charge is 2.00. The minimum absolute atomic E-state index is 0.505. The van der Waals surface area contributed by atoms with Crippen LogP contribution in [0.1, 0.15) is 50.2 Å². The summed E-state index contributed by atoms with van der Waals surface area (Å²) in [6.45, 7) is 13.9. The molecule has 0 atom stereocenters. The summed E-state index contributed by atoms with van der Waals surface area (Å²) in [5.41, 5.74) is 3.75. The van der Waals surface area contributed by atoms with E-state index in [-0.39, 0.29) is 0 Å². The molecule has 0 bridgehead atoms. The van der Waals surface area contributed by atoms with E-state index in [2.05, 4.69) is 4.98 Å². The number of nitriles is 1. The van der Waals surface area contributed by atoms with Gasteiger partial charge in [0.1, 0.15) is 11.8 Å². The van der Waals surface area contributed by atoms with Crippen LogP contribution in [0.2, 0.25) is 0 Å². The van der Waals surface area contributed by atoms with Gasteiger partial charge in [0.05, 0.1) is 0 Å². The number of pyridine rings is 1. The van der Waals surface area contributed by atoms with E-state index in [0.29, 0.717) is 5.69 Å². The van der Waals surface area contributed by atoms with E-state index in [1.165, 1.54) is 5.56 Å². The third-order valence-corrected chi connectivity index (χ3v) is 1.89. The lowest BCUT2D eigenvalue weighted by Gasteiger charge is -2.02. The zero-order valence-electron chi connectivity index (χ0n) is 11.0. The first-order chi connectivity index (χ1) is 7.15. The van der Waals surface area contributed by atoms with Crippen molar-refractivity contribution in [3.63, 3.8) is 0 Å². The van der Waals surface area contributed by atoms with Crippen molar-refractivity contribution in [2.24, 2.45) is 0 Å². The van der Waals surface area contributed by atoms with Gasteiger partial charge in [-0.1, -0.05) is 27.7 Å². The van der Waals surface area contributed by atoms with Crippen molar-refractivity contribution in [2.75, 3.05) is 0 Å². The smallest absolute Gasteiger partial charge is 0.141 e. The van der Waals surface area contributed by atoms with Crippen molar-refractivity contribution in [3.05, 3.63) is 28.6 Å². The molecule has 0 aliphatic carbocycles. The molecule has 0 spiro atoms. The van der Waals surface area contributed by atoms with Gasteiger partial charge in [-0.3, -0.25) is 0 Å². The van der Waals surface area contributed by atoms with E-state index in [9.17, 15) is 0 Å². The van der Waals surface area contributed by atoms with Crippen LogP contribution in [0.5, 0.6) is 0 Å². The number of hydrogen-bond acceptors (Lipinski definition) is 2. The minimum atomic E-state index is 0.505. The molecule has 0 aromatic carbocycles. The van der Waals surface area contributed by atoms with E-state index in [0.717, 1.165) is 11.3 Å². The third-order valence-electron chi connectivity index (χ3n) is 1.89. The summed E-state index contributed by atoms with van der Waals surface area (Å²) in [7, 11) is 0. The second kappa shape index (κ2) is 9.21. The van der Waals surface area contributed by atoms with Gasteiger partial charge in [-0.25, -0.2) is 4.98 Å². The molecular weight excluding hydrogens is 184 g/mol.